The highest BCUT2D eigenvalue weighted by Crippen LogP contribution is 2.26. The number of carbonyl (C=O) groups excluding carboxylic acids is 2. The lowest BCUT2D eigenvalue weighted by Crippen LogP contribution is -2.22. The van der Waals surface area contributed by atoms with Gasteiger partial charge in [-0.05, 0) is 41.5 Å². The molecule has 2 amide bonds. The third-order valence-corrected chi connectivity index (χ3v) is 4.95. The fourth-order valence-corrected chi connectivity index (χ4v) is 3.46. The van der Waals surface area contributed by atoms with Gasteiger partial charge in [0.1, 0.15) is 0 Å². The third-order valence-electron chi connectivity index (χ3n) is 4.95. The first-order chi connectivity index (χ1) is 15.2. The first-order valence-electron chi connectivity index (χ1n) is 10.1. The van der Waals surface area contributed by atoms with Gasteiger partial charge in [0.15, 0.2) is 0 Å². The van der Waals surface area contributed by atoms with Gasteiger partial charge in [0.25, 0.3) is 5.91 Å². The molecule has 0 atom stereocenters. The normalized spacial score (nSPS) is 10.5. The van der Waals surface area contributed by atoms with E-state index in [0.29, 0.717) is 11.3 Å². The predicted octanol–water partition coefficient (Wildman–Crippen LogP) is 5.71. The van der Waals surface area contributed by atoms with Crippen LogP contribution in [-0.2, 0) is 4.79 Å². The largest absolute Gasteiger partial charge is 0.325 e. The van der Waals surface area contributed by atoms with Crippen LogP contribution in [0.5, 0.6) is 0 Å². The van der Waals surface area contributed by atoms with Gasteiger partial charge in [0.2, 0.25) is 5.91 Å². The second-order valence-corrected chi connectivity index (χ2v) is 7.14. The number of benzene rings is 4. The van der Waals surface area contributed by atoms with Gasteiger partial charge in [-0.3, -0.25) is 9.59 Å². The van der Waals surface area contributed by atoms with Crippen LogP contribution in [0.15, 0.2) is 115 Å². The smallest absolute Gasteiger partial charge is 0.255 e. The van der Waals surface area contributed by atoms with E-state index in [-0.39, 0.29) is 11.8 Å². The molecule has 4 aromatic carbocycles. The summed E-state index contributed by atoms with van der Waals surface area (Å²) in [6.07, 6.45) is 0. The van der Waals surface area contributed by atoms with E-state index in [2.05, 4.69) is 10.6 Å². The Morgan fingerprint density at radius 2 is 1.06 bits per heavy atom. The molecule has 0 bridgehead atoms. The summed E-state index contributed by atoms with van der Waals surface area (Å²) in [5.41, 5.74) is 3.57. The lowest BCUT2D eigenvalue weighted by atomic mass is 9.90. The molecule has 0 aliphatic carbocycles. The molecule has 4 rings (SSSR count). The number of amides is 2. The minimum atomic E-state index is -0.454. The van der Waals surface area contributed by atoms with Crippen LogP contribution in [0.3, 0.4) is 0 Å². The zero-order valence-electron chi connectivity index (χ0n) is 16.9. The van der Waals surface area contributed by atoms with Crippen molar-refractivity contribution in [1.82, 2.24) is 0 Å². The van der Waals surface area contributed by atoms with E-state index in [1.54, 1.807) is 24.3 Å². The molecule has 0 fully saturated rings. The molecule has 31 heavy (non-hydrogen) atoms. The number of rotatable bonds is 6. The second-order valence-electron chi connectivity index (χ2n) is 7.14. The molecule has 0 radical (unpaired) electrons. The van der Waals surface area contributed by atoms with Crippen molar-refractivity contribution in [2.45, 2.75) is 5.92 Å². The van der Waals surface area contributed by atoms with Crippen LogP contribution in [0.25, 0.3) is 0 Å². The zero-order valence-corrected chi connectivity index (χ0v) is 16.9. The Kier molecular flexibility index (Phi) is 6.19. The van der Waals surface area contributed by atoms with Gasteiger partial charge in [0.05, 0.1) is 5.92 Å². The highest BCUT2D eigenvalue weighted by atomic mass is 16.2. The Morgan fingerprint density at radius 3 is 1.65 bits per heavy atom. The summed E-state index contributed by atoms with van der Waals surface area (Å²) >= 11 is 0. The monoisotopic (exact) mass is 406 g/mol. The molecular formula is C27H22N2O2. The maximum atomic E-state index is 13.3. The maximum absolute atomic E-state index is 13.3. The van der Waals surface area contributed by atoms with Crippen molar-refractivity contribution < 1.29 is 9.59 Å². The van der Waals surface area contributed by atoms with E-state index in [0.717, 1.165) is 16.8 Å². The van der Waals surface area contributed by atoms with Crippen LogP contribution in [0.1, 0.15) is 27.4 Å². The molecule has 0 saturated carbocycles. The van der Waals surface area contributed by atoms with Gasteiger partial charge in [-0.25, -0.2) is 0 Å². The highest BCUT2D eigenvalue weighted by molar-refractivity contribution is 6.05. The van der Waals surface area contributed by atoms with Crippen LogP contribution in [-0.4, -0.2) is 11.8 Å². The summed E-state index contributed by atoms with van der Waals surface area (Å²) in [7, 11) is 0. The topological polar surface area (TPSA) is 58.2 Å². The van der Waals surface area contributed by atoms with E-state index >= 15 is 0 Å². The number of hydrogen-bond donors (Lipinski definition) is 2. The summed E-state index contributed by atoms with van der Waals surface area (Å²) in [4.78, 5) is 25.9. The molecule has 0 aliphatic heterocycles. The van der Waals surface area contributed by atoms with E-state index < -0.39 is 5.92 Å². The minimum Gasteiger partial charge on any atom is -0.325 e. The average Bonchev–Trinajstić information content (AvgIpc) is 2.81. The first kappa shape index (κ1) is 20.1. The Labute approximate surface area is 181 Å². The van der Waals surface area contributed by atoms with Crippen molar-refractivity contribution in [3.63, 3.8) is 0 Å². The molecule has 0 spiro atoms. The summed E-state index contributed by atoms with van der Waals surface area (Å²) in [6.45, 7) is 0. The van der Waals surface area contributed by atoms with Gasteiger partial charge in [-0.1, -0.05) is 84.9 Å². The van der Waals surface area contributed by atoms with Crippen LogP contribution in [0, 0.1) is 0 Å². The molecular weight excluding hydrogens is 384 g/mol. The minimum absolute atomic E-state index is 0.155. The fourth-order valence-electron chi connectivity index (χ4n) is 3.46. The van der Waals surface area contributed by atoms with Crippen molar-refractivity contribution >= 4 is 23.2 Å². The van der Waals surface area contributed by atoms with Crippen LogP contribution in [0.2, 0.25) is 0 Å². The van der Waals surface area contributed by atoms with Crippen LogP contribution >= 0.6 is 0 Å². The van der Waals surface area contributed by atoms with E-state index in [9.17, 15) is 9.59 Å². The lowest BCUT2D eigenvalue weighted by Gasteiger charge is -2.18. The molecule has 4 heteroatoms. The number of anilines is 2. The standard InChI is InChI=1S/C27H22N2O2/c30-26(28-23-16-8-3-9-17-23)22-15-10-18-24(19-22)29-27(31)25(20-11-4-1-5-12-20)21-13-6-2-7-14-21/h1-19,25H,(H,28,30)(H,29,31). The van der Waals surface area contributed by atoms with Gasteiger partial charge in [-0.2, -0.15) is 0 Å². The van der Waals surface area contributed by atoms with Crippen LogP contribution < -0.4 is 10.6 Å². The molecule has 4 aromatic rings. The summed E-state index contributed by atoms with van der Waals surface area (Å²) < 4.78 is 0. The number of para-hydroxylation sites is 1. The molecule has 4 nitrogen and oxygen atoms in total. The van der Waals surface area contributed by atoms with Gasteiger partial charge in [-0.15, -0.1) is 0 Å². The van der Waals surface area contributed by atoms with E-state index in [4.69, 9.17) is 0 Å². The molecule has 0 saturated heterocycles. The lowest BCUT2D eigenvalue weighted by molar-refractivity contribution is -0.116. The van der Waals surface area contributed by atoms with Gasteiger partial charge >= 0.3 is 0 Å². The van der Waals surface area contributed by atoms with Crippen LogP contribution in [0.4, 0.5) is 11.4 Å². The quantitative estimate of drug-likeness (QED) is 0.431. The summed E-state index contributed by atoms with van der Waals surface area (Å²) in [6, 6.07) is 35.5. The van der Waals surface area contributed by atoms with Gasteiger partial charge < -0.3 is 10.6 Å². The maximum Gasteiger partial charge on any atom is 0.255 e. The highest BCUT2D eigenvalue weighted by Gasteiger charge is 2.22. The van der Waals surface area contributed by atoms with E-state index in [1.165, 1.54) is 0 Å². The zero-order chi connectivity index (χ0) is 21.5. The first-order valence-corrected chi connectivity index (χ1v) is 10.1. The second kappa shape index (κ2) is 9.55. The van der Waals surface area contributed by atoms with Gasteiger partial charge in [0, 0.05) is 16.9 Å². The Morgan fingerprint density at radius 1 is 0.548 bits per heavy atom. The molecule has 0 aliphatic rings. The molecule has 0 unspecified atom stereocenters. The molecule has 0 aromatic heterocycles. The number of carbonyl (C=O) groups is 2. The van der Waals surface area contributed by atoms with Crippen molar-refractivity contribution in [3.8, 4) is 0 Å². The Hall–Kier alpha value is -4.18. The van der Waals surface area contributed by atoms with Crippen molar-refractivity contribution in [2.24, 2.45) is 0 Å². The molecule has 152 valence electrons. The summed E-state index contributed by atoms with van der Waals surface area (Å²) in [5.74, 6) is -0.841. The van der Waals surface area contributed by atoms with Crippen molar-refractivity contribution in [1.29, 1.82) is 0 Å². The molecule has 2 N–H and O–H groups in total. The average molecular weight is 406 g/mol. The molecule has 0 heterocycles. The number of nitrogens with one attached hydrogen (secondary N) is 2. The fraction of sp³-hybridized carbons (Fsp3) is 0.0370. The third kappa shape index (κ3) is 5.06. The predicted molar refractivity (Wildman–Crippen MR) is 124 cm³/mol. The Bertz CT molecular complexity index is 1120. The summed E-state index contributed by atoms with van der Waals surface area (Å²) in [5, 5.41) is 5.84. The number of hydrogen-bond acceptors (Lipinski definition) is 2. The van der Waals surface area contributed by atoms with Crippen molar-refractivity contribution in [3.05, 3.63) is 132 Å². The Balaban J connectivity index is 1.55. The SMILES string of the molecule is O=C(Nc1ccccc1)c1cccc(NC(=O)C(c2ccccc2)c2ccccc2)c1. The van der Waals surface area contributed by atoms with E-state index in [1.807, 2.05) is 91.0 Å². The van der Waals surface area contributed by atoms with Crippen molar-refractivity contribution in [2.75, 3.05) is 10.6 Å².